The second-order valence-corrected chi connectivity index (χ2v) is 7.04. The molecule has 1 aromatic carbocycles. The van der Waals surface area contributed by atoms with E-state index >= 15 is 0 Å². The van der Waals surface area contributed by atoms with Crippen LogP contribution in [0.3, 0.4) is 0 Å². The zero-order valence-corrected chi connectivity index (χ0v) is 13.1. The molecule has 0 unspecified atom stereocenters. The fourth-order valence-corrected chi connectivity index (χ4v) is 4.32. The molecule has 3 aliphatic rings. The number of nitrogens with one attached hydrogen (secondary N) is 1. The Morgan fingerprint density at radius 2 is 1.77 bits per heavy atom. The highest BCUT2D eigenvalue weighted by Gasteiger charge is 2.40. The van der Waals surface area contributed by atoms with Crippen LogP contribution in [0, 0.1) is 11.8 Å². The first-order valence-electron chi connectivity index (χ1n) is 8.70. The Morgan fingerprint density at radius 3 is 2.59 bits per heavy atom. The molecule has 2 aliphatic heterocycles. The number of fused-ring (bicyclic) bond motifs is 1. The van der Waals surface area contributed by atoms with Gasteiger partial charge in [0.15, 0.2) is 0 Å². The predicted octanol–water partition coefficient (Wildman–Crippen LogP) is 2.02. The molecule has 0 spiro atoms. The number of nitrogens with zero attached hydrogens (tertiary/aromatic N) is 1. The van der Waals surface area contributed by atoms with Crippen LogP contribution in [0.1, 0.15) is 25.7 Å². The topological polar surface area (TPSA) is 44.7 Å². The van der Waals surface area contributed by atoms with E-state index in [-0.39, 0.29) is 12.2 Å². The summed E-state index contributed by atoms with van der Waals surface area (Å²) >= 11 is 0. The van der Waals surface area contributed by atoms with E-state index in [9.17, 15) is 5.11 Å². The standard InChI is InChI=1S/C18H26N2O2/c21-16-9-13-11-19-12-14(13)10-18(16)22-17-6-2-1-5-15(17)20-7-3-4-8-20/h1-2,5-6,13-14,16,18-19,21H,3-4,7-12H2/t13-,14+,16+,18+/m0/s1. The molecule has 1 aliphatic carbocycles. The van der Waals surface area contributed by atoms with Gasteiger partial charge in [-0.25, -0.2) is 0 Å². The molecule has 0 radical (unpaired) electrons. The zero-order chi connectivity index (χ0) is 14.9. The van der Waals surface area contributed by atoms with Crippen molar-refractivity contribution in [3.05, 3.63) is 24.3 Å². The monoisotopic (exact) mass is 302 g/mol. The Balaban J connectivity index is 1.50. The van der Waals surface area contributed by atoms with Crippen molar-refractivity contribution >= 4 is 5.69 Å². The van der Waals surface area contributed by atoms with Crippen molar-refractivity contribution in [2.24, 2.45) is 11.8 Å². The average molecular weight is 302 g/mol. The van der Waals surface area contributed by atoms with Crippen LogP contribution in [0.15, 0.2) is 24.3 Å². The second kappa shape index (κ2) is 6.09. The fourth-order valence-electron chi connectivity index (χ4n) is 4.32. The van der Waals surface area contributed by atoms with Crippen molar-refractivity contribution in [1.29, 1.82) is 0 Å². The van der Waals surface area contributed by atoms with Crippen molar-refractivity contribution in [1.82, 2.24) is 5.32 Å². The van der Waals surface area contributed by atoms with Gasteiger partial charge >= 0.3 is 0 Å². The quantitative estimate of drug-likeness (QED) is 0.897. The minimum Gasteiger partial charge on any atom is -0.486 e. The van der Waals surface area contributed by atoms with Crippen LogP contribution in [-0.2, 0) is 0 Å². The number of anilines is 1. The molecule has 0 bridgehead atoms. The van der Waals surface area contributed by atoms with Crippen LogP contribution in [-0.4, -0.2) is 43.5 Å². The summed E-state index contributed by atoms with van der Waals surface area (Å²) in [6.45, 7) is 4.36. The van der Waals surface area contributed by atoms with Gasteiger partial charge in [-0.2, -0.15) is 0 Å². The number of hydrogen-bond acceptors (Lipinski definition) is 4. The number of hydrogen-bond donors (Lipinski definition) is 2. The van der Waals surface area contributed by atoms with Gasteiger partial charge in [0.1, 0.15) is 11.9 Å². The summed E-state index contributed by atoms with van der Waals surface area (Å²) in [6, 6.07) is 8.31. The molecule has 4 nitrogen and oxygen atoms in total. The minimum absolute atomic E-state index is 0.0649. The molecule has 4 heteroatoms. The highest BCUT2D eigenvalue weighted by atomic mass is 16.5. The van der Waals surface area contributed by atoms with Gasteiger partial charge in [-0.15, -0.1) is 0 Å². The first-order valence-corrected chi connectivity index (χ1v) is 8.70. The van der Waals surface area contributed by atoms with Gasteiger partial charge in [-0.05, 0) is 62.7 Å². The SMILES string of the molecule is O[C@@H]1C[C@H]2CNC[C@H]2C[C@H]1Oc1ccccc1N1CCCC1. The summed E-state index contributed by atoms with van der Waals surface area (Å²) in [6.07, 6.45) is 3.95. The molecular formula is C18H26N2O2. The molecule has 2 N–H and O–H groups in total. The smallest absolute Gasteiger partial charge is 0.143 e. The maximum atomic E-state index is 10.5. The van der Waals surface area contributed by atoms with Crippen molar-refractivity contribution in [3.63, 3.8) is 0 Å². The molecule has 1 saturated carbocycles. The molecule has 0 amide bonds. The Bertz CT molecular complexity index is 516. The lowest BCUT2D eigenvalue weighted by Gasteiger charge is -2.36. The van der Waals surface area contributed by atoms with E-state index in [4.69, 9.17) is 4.74 Å². The number of para-hydroxylation sites is 2. The minimum atomic E-state index is -0.340. The molecule has 4 atom stereocenters. The maximum Gasteiger partial charge on any atom is 0.143 e. The lowest BCUT2D eigenvalue weighted by Crippen LogP contribution is -2.42. The Labute approximate surface area is 132 Å². The van der Waals surface area contributed by atoms with Gasteiger partial charge < -0.3 is 20.1 Å². The highest BCUT2D eigenvalue weighted by Crippen LogP contribution is 2.37. The van der Waals surface area contributed by atoms with Gasteiger partial charge in [-0.3, -0.25) is 0 Å². The van der Waals surface area contributed by atoms with E-state index < -0.39 is 0 Å². The Morgan fingerprint density at radius 1 is 1.05 bits per heavy atom. The van der Waals surface area contributed by atoms with Crippen LogP contribution < -0.4 is 15.0 Å². The summed E-state index contributed by atoms with van der Waals surface area (Å²) in [5.41, 5.74) is 1.19. The molecule has 1 aromatic rings. The van der Waals surface area contributed by atoms with Crippen molar-refractivity contribution in [3.8, 4) is 5.75 Å². The Kier molecular flexibility index (Phi) is 3.97. The first-order chi connectivity index (χ1) is 10.8. The third-order valence-corrected chi connectivity index (χ3v) is 5.58. The van der Waals surface area contributed by atoms with Gasteiger partial charge in [0.2, 0.25) is 0 Å². The van der Waals surface area contributed by atoms with E-state index in [2.05, 4.69) is 28.4 Å². The molecule has 2 heterocycles. The largest absolute Gasteiger partial charge is 0.486 e. The highest BCUT2D eigenvalue weighted by molar-refractivity contribution is 5.59. The van der Waals surface area contributed by atoms with Crippen molar-refractivity contribution < 1.29 is 9.84 Å². The average Bonchev–Trinajstić information content (AvgIpc) is 3.19. The molecule has 3 fully saturated rings. The number of aliphatic hydroxyl groups excluding tert-OH is 1. The molecule has 22 heavy (non-hydrogen) atoms. The first kappa shape index (κ1) is 14.3. The zero-order valence-electron chi connectivity index (χ0n) is 13.1. The number of ether oxygens (including phenoxy) is 1. The van der Waals surface area contributed by atoms with Gasteiger partial charge in [0.25, 0.3) is 0 Å². The summed E-state index contributed by atoms with van der Waals surface area (Å²) in [5, 5.41) is 13.9. The lowest BCUT2D eigenvalue weighted by atomic mass is 9.78. The fraction of sp³-hybridized carbons (Fsp3) is 0.667. The molecular weight excluding hydrogens is 276 g/mol. The summed E-state index contributed by atoms with van der Waals surface area (Å²) in [4.78, 5) is 2.41. The van der Waals surface area contributed by atoms with E-state index in [0.29, 0.717) is 11.8 Å². The van der Waals surface area contributed by atoms with E-state index in [1.165, 1.54) is 18.5 Å². The van der Waals surface area contributed by atoms with Crippen LogP contribution in [0.4, 0.5) is 5.69 Å². The number of rotatable bonds is 3. The third kappa shape index (κ3) is 2.70. The van der Waals surface area contributed by atoms with Gasteiger partial charge in [0.05, 0.1) is 11.8 Å². The van der Waals surface area contributed by atoms with Crippen LogP contribution in [0.2, 0.25) is 0 Å². The van der Waals surface area contributed by atoms with E-state index in [1.54, 1.807) is 0 Å². The predicted molar refractivity (Wildman–Crippen MR) is 87.4 cm³/mol. The van der Waals surface area contributed by atoms with Crippen LogP contribution >= 0.6 is 0 Å². The van der Waals surface area contributed by atoms with Crippen LogP contribution in [0.25, 0.3) is 0 Å². The van der Waals surface area contributed by atoms with Crippen molar-refractivity contribution in [2.75, 3.05) is 31.1 Å². The normalized spacial score (nSPS) is 34.7. The van der Waals surface area contributed by atoms with Gasteiger partial charge in [-0.1, -0.05) is 12.1 Å². The van der Waals surface area contributed by atoms with Gasteiger partial charge in [0, 0.05) is 13.1 Å². The maximum absolute atomic E-state index is 10.5. The number of aliphatic hydroxyl groups is 1. The molecule has 2 saturated heterocycles. The van der Waals surface area contributed by atoms with E-state index in [0.717, 1.165) is 44.8 Å². The van der Waals surface area contributed by atoms with E-state index in [1.807, 2.05) is 6.07 Å². The summed E-state index contributed by atoms with van der Waals surface area (Å²) in [5.74, 6) is 2.23. The molecule has 0 aromatic heterocycles. The Hall–Kier alpha value is -1.26. The van der Waals surface area contributed by atoms with Crippen LogP contribution in [0.5, 0.6) is 5.75 Å². The third-order valence-electron chi connectivity index (χ3n) is 5.58. The summed E-state index contributed by atoms with van der Waals surface area (Å²) < 4.78 is 6.30. The molecule has 4 rings (SSSR count). The lowest BCUT2D eigenvalue weighted by molar-refractivity contribution is -0.0229. The number of benzene rings is 1. The van der Waals surface area contributed by atoms with Crippen molar-refractivity contribution in [2.45, 2.75) is 37.9 Å². The summed E-state index contributed by atoms with van der Waals surface area (Å²) in [7, 11) is 0. The second-order valence-electron chi connectivity index (χ2n) is 7.04. The molecule has 120 valence electrons.